The van der Waals surface area contributed by atoms with Gasteiger partial charge in [0.05, 0.1) is 0 Å². The molecule has 0 atom stereocenters. The molecule has 3 aromatic rings. The summed E-state index contributed by atoms with van der Waals surface area (Å²) in [6.07, 6.45) is 4.32. The van der Waals surface area contributed by atoms with Crippen molar-refractivity contribution in [1.82, 2.24) is 19.8 Å². The van der Waals surface area contributed by atoms with E-state index in [1.807, 2.05) is 0 Å². The van der Waals surface area contributed by atoms with Gasteiger partial charge in [-0.25, -0.2) is 4.39 Å². The number of nitrogens with zero attached hydrogens (tertiary/aromatic N) is 2. The second-order valence-corrected chi connectivity index (χ2v) is 9.30. The van der Waals surface area contributed by atoms with E-state index < -0.39 is 0 Å². The fraction of sp³-hybridized carbons (Fsp3) is 0.407. The number of aryl methyl sites for hydroxylation is 1. The van der Waals surface area contributed by atoms with Crippen molar-refractivity contribution in [2.45, 2.75) is 33.6 Å². The molecule has 4 rings (SSSR count). The van der Waals surface area contributed by atoms with Crippen LogP contribution >= 0.6 is 0 Å². The van der Waals surface area contributed by atoms with Gasteiger partial charge in [0.25, 0.3) is 0 Å². The Morgan fingerprint density at radius 1 is 1.12 bits per heavy atom. The lowest BCUT2D eigenvalue weighted by molar-refractivity contribution is 0.139. The third-order valence-corrected chi connectivity index (χ3v) is 6.66. The van der Waals surface area contributed by atoms with E-state index in [1.165, 1.54) is 28.5 Å². The van der Waals surface area contributed by atoms with Crippen molar-refractivity contribution in [2.24, 2.45) is 0 Å². The summed E-state index contributed by atoms with van der Waals surface area (Å²) in [5.41, 5.74) is 7.13. The highest BCUT2D eigenvalue weighted by molar-refractivity contribution is 5.82. The van der Waals surface area contributed by atoms with Gasteiger partial charge in [-0.05, 0) is 75.6 Å². The number of piperazine rings is 1. The number of benzene rings is 1. The third kappa shape index (κ3) is 4.89. The summed E-state index contributed by atoms with van der Waals surface area (Å²) in [6.45, 7) is 21.3. The topological polar surface area (TPSA) is 38.1 Å². The zero-order valence-corrected chi connectivity index (χ0v) is 19.7. The second-order valence-electron chi connectivity index (χ2n) is 9.30. The monoisotopic (exact) mass is 434 g/mol. The maximum Gasteiger partial charge on any atom is 0.123 e. The van der Waals surface area contributed by atoms with Gasteiger partial charge in [0.2, 0.25) is 0 Å². The van der Waals surface area contributed by atoms with Crippen LogP contribution in [0.15, 0.2) is 30.4 Å². The molecule has 0 radical (unpaired) electrons. The zero-order valence-electron chi connectivity index (χ0n) is 19.7. The van der Waals surface area contributed by atoms with Crippen LogP contribution in [0.25, 0.3) is 23.6 Å². The van der Waals surface area contributed by atoms with Crippen molar-refractivity contribution in [3.63, 3.8) is 0 Å². The van der Waals surface area contributed by atoms with Crippen LogP contribution < -0.4 is 10.6 Å². The Morgan fingerprint density at radius 2 is 1.84 bits per heavy atom. The van der Waals surface area contributed by atoms with Crippen molar-refractivity contribution in [3.05, 3.63) is 69.3 Å². The van der Waals surface area contributed by atoms with Gasteiger partial charge >= 0.3 is 0 Å². The van der Waals surface area contributed by atoms with E-state index in [9.17, 15) is 4.39 Å². The molecule has 0 spiro atoms. The molecule has 1 aromatic carbocycles. The summed E-state index contributed by atoms with van der Waals surface area (Å²) < 4.78 is 13.8. The molecule has 2 aromatic heterocycles. The number of nitrogens with one attached hydrogen (secondary N) is 2. The van der Waals surface area contributed by atoms with Gasteiger partial charge in [-0.1, -0.05) is 18.7 Å². The standard InChI is InChI=1S/C27H35FN4/c1-18(2)17-32-13-11-31(12-14-32)10-6-7-23-19(3)27(30-20(23)4)16-24-21(5)29-26-9-8-22(28)15-25(24)26/h8-9,15-16,29-30H,1,5-7,10-14,17H2,2-4H3/b24-16+. The van der Waals surface area contributed by atoms with Gasteiger partial charge in [0.15, 0.2) is 0 Å². The highest BCUT2D eigenvalue weighted by Gasteiger charge is 2.17. The molecule has 5 heteroatoms. The Kier molecular flexibility index (Phi) is 6.68. The van der Waals surface area contributed by atoms with E-state index in [2.05, 4.69) is 59.8 Å². The molecular weight excluding hydrogens is 399 g/mol. The molecule has 1 fully saturated rings. The fourth-order valence-electron chi connectivity index (χ4n) is 4.92. The minimum absolute atomic E-state index is 0.230. The summed E-state index contributed by atoms with van der Waals surface area (Å²) >= 11 is 0. The Bertz CT molecular complexity index is 1220. The summed E-state index contributed by atoms with van der Waals surface area (Å²) in [4.78, 5) is 11.9. The maximum atomic E-state index is 13.8. The van der Waals surface area contributed by atoms with Crippen molar-refractivity contribution in [3.8, 4) is 0 Å². The normalized spacial score (nSPS) is 16.3. The van der Waals surface area contributed by atoms with E-state index in [0.29, 0.717) is 0 Å². The number of rotatable bonds is 7. The SMILES string of the molecule is C=C(C)CN1CCN(CCCc2c(C)[nH]c(/C=c3\c(=C)[nH]c4ccc(F)cc34)c2C)CC1. The van der Waals surface area contributed by atoms with Gasteiger partial charge in [0.1, 0.15) is 5.82 Å². The van der Waals surface area contributed by atoms with Gasteiger partial charge in [-0.3, -0.25) is 4.90 Å². The molecule has 32 heavy (non-hydrogen) atoms. The van der Waals surface area contributed by atoms with Crippen LogP contribution in [0.1, 0.15) is 35.9 Å². The molecule has 1 aliphatic heterocycles. The van der Waals surface area contributed by atoms with Crippen LogP contribution in [0.4, 0.5) is 4.39 Å². The Labute approximate surface area is 190 Å². The van der Waals surface area contributed by atoms with Crippen molar-refractivity contribution in [2.75, 3.05) is 39.3 Å². The van der Waals surface area contributed by atoms with Crippen LogP contribution in [0.5, 0.6) is 0 Å². The number of halogens is 1. The van der Waals surface area contributed by atoms with Crippen LogP contribution in [0.2, 0.25) is 0 Å². The molecule has 1 saturated heterocycles. The first kappa shape index (κ1) is 22.6. The van der Waals surface area contributed by atoms with Crippen LogP contribution in [0.3, 0.4) is 0 Å². The first-order valence-corrected chi connectivity index (χ1v) is 11.6. The fourth-order valence-corrected chi connectivity index (χ4v) is 4.92. The third-order valence-electron chi connectivity index (χ3n) is 6.66. The number of hydrogen-bond donors (Lipinski definition) is 2. The van der Waals surface area contributed by atoms with Gasteiger partial charge in [-0.15, -0.1) is 0 Å². The lowest BCUT2D eigenvalue weighted by Crippen LogP contribution is -2.46. The van der Waals surface area contributed by atoms with E-state index in [4.69, 9.17) is 0 Å². The molecular formula is C27H35FN4. The average Bonchev–Trinajstić information content (AvgIpc) is 3.19. The summed E-state index contributed by atoms with van der Waals surface area (Å²) in [6, 6.07) is 4.83. The Hall–Kier alpha value is -2.63. The molecule has 0 saturated carbocycles. The van der Waals surface area contributed by atoms with Crippen LogP contribution in [-0.2, 0) is 6.42 Å². The molecule has 2 N–H and O–H groups in total. The van der Waals surface area contributed by atoms with Gasteiger partial charge < -0.3 is 14.9 Å². The lowest BCUT2D eigenvalue weighted by Gasteiger charge is -2.34. The number of fused-ring (bicyclic) bond motifs is 1. The molecule has 0 aliphatic carbocycles. The smallest absolute Gasteiger partial charge is 0.123 e. The average molecular weight is 435 g/mol. The molecule has 4 nitrogen and oxygen atoms in total. The highest BCUT2D eigenvalue weighted by Crippen LogP contribution is 2.21. The van der Waals surface area contributed by atoms with Gasteiger partial charge in [0, 0.05) is 65.6 Å². The summed E-state index contributed by atoms with van der Waals surface area (Å²) in [5.74, 6) is -0.230. The second kappa shape index (κ2) is 9.47. The predicted octanol–water partition coefficient (Wildman–Crippen LogP) is 3.62. The number of aromatic nitrogens is 2. The maximum absolute atomic E-state index is 13.8. The van der Waals surface area contributed by atoms with Gasteiger partial charge in [-0.2, -0.15) is 0 Å². The summed E-state index contributed by atoms with van der Waals surface area (Å²) in [7, 11) is 0. The van der Waals surface area contributed by atoms with E-state index in [1.54, 1.807) is 12.1 Å². The van der Waals surface area contributed by atoms with Crippen LogP contribution in [-0.4, -0.2) is 59.0 Å². The first-order valence-electron chi connectivity index (χ1n) is 11.6. The van der Waals surface area contributed by atoms with E-state index in [0.717, 1.165) is 79.3 Å². The number of aromatic amines is 2. The van der Waals surface area contributed by atoms with E-state index in [-0.39, 0.29) is 5.82 Å². The Morgan fingerprint density at radius 3 is 2.56 bits per heavy atom. The number of H-pyrrole nitrogens is 2. The number of hydrogen-bond acceptors (Lipinski definition) is 2. The molecule has 0 unspecified atom stereocenters. The minimum atomic E-state index is -0.230. The predicted molar refractivity (Wildman–Crippen MR) is 133 cm³/mol. The molecule has 0 bridgehead atoms. The molecule has 0 amide bonds. The molecule has 1 aliphatic rings. The quantitative estimate of drug-likeness (QED) is 0.558. The molecule has 170 valence electrons. The van der Waals surface area contributed by atoms with Crippen molar-refractivity contribution >= 4 is 23.6 Å². The largest absolute Gasteiger partial charge is 0.359 e. The van der Waals surface area contributed by atoms with E-state index >= 15 is 0 Å². The lowest BCUT2D eigenvalue weighted by atomic mass is 10.0. The zero-order chi connectivity index (χ0) is 22.8. The first-order chi connectivity index (χ1) is 15.3. The van der Waals surface area contributed by atoms with Crippen LogP contribution in [0, 0.1) is 19.7 Å². The molecule has 3 heterocycles. The van der Waals surface area contributed by atoms with Crippen molar-refractivity contribution < 1.29 is 4.39 Å². The summed E-state index contributed by atoms with van der Waals surface area (Å²) in [5, 5.41) is 2.63. The Balaban J connectivity index is 1.44. The minimum Gasteiger partial charge on any atom is -0.359 e. The van der Waals surface area contributed by atoms with Crippen molar-refractivity contribution in [1.29, 1.82) is 0 Å². The highest BCUT2D eigenvalue weighted by atomic mass is 19.1.